The first kappa shape index (κ1) is 20.0. The van der Waals surface area contributed by atoms with E-state index in [0.29, 0.717) is 0 Å². The number of carbonyl (C=O) groups excluding carboxylic acids is 1. The van der Waals surface area contributed by atoms with Crippen LogP contribution < -0.4 is 5.43 Å². The van der Waals surface area contributed by atoms with Gasteiger partial charge in [-0.2, -0.15) is 10.4 Å². The molecule has 1 aromatic heterocycles. The van der Waals surface area contributed by atoms with Crippen LogP contribution in [-0.2, 0) is 0 Å². The molecule has 0 atom stereocenters. The van der Waals surface area contributed by atoms with Crippen molar-refractivity contribution in [3.63, 3.8) is 0 Å². The second kappa shape index (κ2) is 8.11. The monoisotopic (exact) mass is 388 g/mol. The lowest BCUT2D eigenvalue weighted by Crippen LogP contribution is -2.19. The molecule has 0 aliphatic rings. The minimum atomic E-state index is -0.760. The van der Waals surface area contributed by atoms with Gasteiger partial charge < -0.3 is 4.57 Å². The molecule has 0 saturated heterocycles. The molecule has 0 radical (unpaired) electrons. The third kappa shape index (κ3) is 4.09. The highest BCUT2D eigenvalue weighted by molar-refractivity contribution is 5.95. The van der Waals surface area contributed by atoms with Gasteiger partial charge in [-0.15, -0.1) is 0 Å². The van der Waals surface area contributed by atoms with Gasteiger partial charge in [-0.25, -0.2) is 9.82 Å². The fourth-order valence-corrected chi connectivity index (χ4v) is 3.17. The molecule has 0 spiro atoms. The van der Waals surface area contributed by atoms with Gasteiger partial charge in [0.15, 0.2) is 0 Å². The van der Waals surface area contributed by atoms with E-state index in [0.717, 1.165) is 28.7 Å². The first-order chi connectivity index (χ1) is 13.8. The van der Waals surface area contributed by atoms with E-state index in [9.17, 15) is 9.18 Å². The standard InChI is InChI=1S/C23H21FN4O/c1-14-5-7-20(9-15(14)2)28-16(3)10-19(17(28)4)13-26-27-23(29)21-8-6-18(12-25)11-22(21)24/h5-11,13H,1-4H3,(H,27,29)/b26-13-. The van der Waals surface area contributed by atoms with Crippen LogP contribution in [0.4, 0.5) is 4.39 Å². The van der Waals surface area contributed by atoms with Crippen molar-refractivity contribution >= 4 is 12.1 Å². The van der Waals surface area contributed by atoms with Gasteiger partial charge in [-0.3, -0.25) is 4.79 Å². The highest BCUT2D eigenvalue weighted by Gasteiger charge is 2.13. The highest BCUT2D eigenvalue weighted by Crippen LogP contribution is 2.21. The summed E-state index contributed by atoms with van der Waals surface area (Å²) in [4.78, 5) is 12.2. The van der Waals surface area contributed by atoms with Crippen LogP contribution in [0.1, 0.15) is 44.0 Å². The molecule has 0 unspecified atom stereocenters. The predicted octanol–water partition coefficient (Wildman–Crippen LogP) is 4.49. The summed E-state index contributed by atoms with van der Waals surface area (Å²) in [5.41, 5.74) is 8.70. The zero-order chi connectivity index (χ0) is 21.1. The van der Waals surface area contributed by atoms with Crippen LogP contribution in [0.2, 0.25) is 0 Å². The van der Waals surface area contributed by atoms with Gasteiger partial charge in [0.2, 0.25) is 0 Å². The van der Waals surface area contributed by atoms with Gasteiger partial charge >= 0.3 is 0 Å². The first-order valence-electron chi connectivity index (χ1n) is 9.11. The lowest BCUT2D eigenvalue weighted by atomic mass is 10.1. The van der Waals surface area contributed by atoms with E-state index >= 15 is 0 Å². The minimum absolute atomic E-state index is 0.154. The fraction of sp³-hybridized carbons (Fsp3) is 0.174. The molecule has 2 aromatic carbocycles. The maximum absolute atomic E-state index is 13.9. The molecule has 6 heteroatoms. The van der Waals surface area contributed by atoms with Crippen LogP contribution in [-0.4, -0.2) is 16.7 Å². The van der Waals surface area contributed by atoms with Crippen molar-refractivity contribution in [3.05, 3.63) is 87.5 Å². The molecule has 0 bridgehead atoms. The second-order valence-electron chi connectivity index (χ2n) is 6.94. The van der Waals surface area contributed by atoms with Gasteiger partial charge in [0.1, 0.15) is 5.82 Å². The molecule has 0 aliphatic carbocycles. The summed E-state index contributed by atoms with van der Waals surface area (Å²) < 4.78 is 16.1. The summed E-state index contributed by atoms with van der Waals surface area (Å²) in [7, 11) is 0. The van der Waals surface area contributed by atoms with Crippen LogP contribution in [0.5, 0.6) is 0 Å². The maximum Gasteiger partial charge on any atom is 0.274 e. The van der Waals surface area contributed by atoms with Crippen LogP contribution in [0, 0.1) is 44.8 Å². The number of aromatic nitrogens is 1. The number of hydrogen-bond donors (Lipinski definition) is 1. The van der Waals surface area contributed by atoms with Gasteiger partial charge in [-0.05, 0) is 75.2 Å². The summed E-state index contributed by atoms with van der Waals surface area (Å²) >= 11 is 0. The number of nitriles is 1. The molecule has 3 aromatic rings. The molecule has 0 aliphatic heterocycles. The summed E-state index contributed by atoms with van der Waals surface area (Å²) in [6.07, 6.45) is 1.54. The Morgan fingerprint density at radius 3 is 2.52 bits per heavy atom. The number of carbonyl (C=O) groups is 1. The third-order valence-corrected chi connectivity index (χ3v) is 4.93. The van der Waals surface area contributed by atoms with E-state index in [1.54, 1.807) is 6.21 Å². The van der Waals surface area contributed by atoms with Crippen molar-refractivity contribution in [2.24, 2.45) is 5.10 Å². The smallest absolute Gasteiger partial charge is 0.274 e. The summed E-state index contributed by atoms with van der Waals surface area (Å²) in [5, 5.41) is 12.8. The largest absolute Gasteiger partial charge is 0.318 e. The molecule has 1 heterocycles. The van der Waals surface area contributed by atoms with Crippen molar-refractivity contribution in [2.75, 3.05) is 0 Å². The Morgan fingerprint density at radius 1 is 1.10 bits per heavy atom. The predicted molar refractivity (Wildman–Crippen MR) is 111 cm³/mol. The zero-order valence-corrected chi connectivity index (χ0v) is 16.7. The number of aryl methyl sites for hydroxylation is 3. The van der Waals surface area contributed by atoms with Gasteiger partial charge in [-0.1, -0.05) is 6.07 Å². The average Bonchev–Trinajstić information content (AvgIpc) is 2.97. The molecular formula is C23H21FN4O. The molecular weight excluding hydrogens is 367 g/mol. The zero-order valence-electron chi connectivity index (χ0n) is 16.7. The average molecular weight is 388 g/mol. The molecule has 29 heavy (non-hydrogen) atoms. The molecule has 5 nitrogen and oxygen atoms in total. The minimum Gasteiger partial charge on any atom is -0.318 e. The highest BCUT2D eigenvalue weighted by atomic mass is 19.1. The van der Waals surface area contributed by atoms with Crippen LogP contribution >= 0.6 is 0 Å². The van der Waals surface area contributed by atoms with E-state index in [1.807, 2.05) is 26.0 Å². The van der Waals surface area contributed by atoms with E-state index in [2.05, 4.69) is 47.1 Å². The van der Waals surface area contributed by atoms with Crippen molar-refractivity contribution in [3.8, 4) is 11.8 Å². The normalized spacial score (nSPS) is 10.9. The number of nitrogens with one attached hydrogen (secondary N) is 1. The maximum atomic E-state index is 13.9. The van der Waals surface area contributed by atoms with Crippen molar-refractivity contribution in [1.29, 1.82) is 5.26 Å². The Balaban J connectivity index is 1.80. The lowest BCUT2D eigenvalue weighted by Gasteiger charge is -2.11. The third-order valence-electron chi connectivity index (χ3n) is 4.93. The summed E-state index contributed by atoms with van der Waals surface area (Å²) in [6.45, 7) is 8.13. The van der Waals surface area contributed by atoms with Crippen molar-refractivity contribution in [1.82, 2.24) is 9.99 Å². The molecule has 0 fully saturated rings. The number of halogens is 1. The molecule has 146 valence electrons. The van der Waals surface area contributed by atoms with Gasteiger partial charge in [0.05, 0.1) is 23.4 Å². The van der Waals surface area contributed by atoms with Crippen LogP contribution in [0.3, 0.4) is 0 Å². The van der Waals surface area contributed by atoms with Crippen LogP contribution in [0.15, 0.2) is 47.6 Å². The van der Waals surface area contributed by atoms with Crippen molar-refractivity contribution in [2.45, 2.75) is 27.7 Å². The molecule has 3 rings (SSSR count). The van der Waals surface area contributed by atoms with Crippen molar-refractivity contribution < 1.29 is 9.18 Å². The van der Waals surface area contributed by atoms with E-state index in [-0.39, 0.29) is 11.1 Å². The van der Waals surface area contributed by atoms with E-state index in [1.165, 1.54) is 23.3 Å². The lowest BCUT2D eigenvalue weighted by molar-refractivity contribution is 0.0951. The Morgan fingerprint density at radius 2 is 1.86 bits per heavy atom. The SMILES string of the molecule is Cc1ccc(-n2c(C)cc(/C=N\NC(=O)c3ccc(C#N)cc3F)c2C)cc1C. The molecule has 1 amide bonds. The number of hydrazone groups is 1. The number of nitrogens with zero attached hydrogens (tertiary/aromatic N) is 3. The quantitative estimate of drug-likeness (QED) is 0.529. The Hall–Kier alpha value is -3.72. The Bertz CT molecular complexity index is 1170. The van der Waals surface area contributed by atoms with Gasteiger partial charge in [0.25, 0.3) is 5.91 Å². The Kier molecular flexibility index (Phi) is 5.60. The number of rotatable bonds is 4. The van der Waals surface area contributed by atoms with E-state index in [4.69, 9.17) is 5.26 Å². The first-order valence-corrected chi connectivity index (χ1v) is 9.11. The number of amides is 1. The second-order valence-corrected chi connectivity index (χ2v) is 6.94. The fourth-order valence-electron chi connectivity index (χ4n) is 3.17. The number of benzene rings is 2. The summed E-state index contributed by atoms with van der Waals surface area (Å²) in [6, 6.07) is 13.8. The Labute approximate surface area is 169 Å². The molecule has 0 saturated carbocycles. The topological polar surface area (TPSA) is 70.2 Å². The number of hydrogen-bond acceptors (Lipinski definition) is 3. The van der Waals surface area contributed by atoms with E-state index < -0.39 is 11.7 Å². The summed E-state index contributed by atoms with van der Waals surface area (Å²) in [5.74, 6) is -1.43. The van der Waals surface area contributed by atoms with Gasteiger partial charge in [0, 0.05) is 22.6 Å². The molecule has 1 N–H and O–H groups in total. The van der Waals surface area contributed by atoms with Crippen LogP contribution in [0.25, 0.3) is 5.69 Å².